The molecule has 90 heavy (non-hydrogen) atoms. The SMILES string of the molecule is CC(C)(C)c1ccc(N(c2ccc(C(C)(C)C)cc2)c2cc3c(c4c2-c2ccccc2C4(C)C)-c2c(cc(N(c4ccc(C(C)(C)C)cc4)c4ccc(C(C)(C)C)cc4)c4oc5ccccc5c24)C32c3ccccc3-n3c4ccccc4c4cccc2c43)cc1. The van der Waals surface area contributed by atoms with Gasteiger partial charge in [0.1, 0.15) is 5.58 Å². The van der Waals surface area contributed by atoms with E-state index >= 15 is 0 Å². The third-order valence-corrected chi connectivity index (χ3v) is 20.6. The molecule has 4 heteroatoms. The van der Waals surface area contributed by atoms with Crippen LogP contribution in [0.4, 0.5) is 34.1 Å². The first-order valence-corrected chi connectivity index (χ1v) is 32.4. The van der Waals surface area contributed by atoms with E-state index in [0.717, 1.165) is 56.1 Å². The first-order valence-electron chi connectivity index (χ1n) is 32.4. The van der Waals surface area contributed by atoms with Crippen molar-refractivity contribution >= 4 is 77.9 Å². The number of rotatable bonds is 6. The zero-order valence-corrected chi connectivity index (χ0v) is 54.6. The van der Waals surface area contributed by atoms with Gasteiger partial charge >= 0.3 is 0 Å². The summed E-state index contributed by atoms with van der Waals surface area (Å²) >= 11 is 0. The molecule has 444 valence electrons. The Balaban J connectivity index is 1.13. The number of hydrogen-bond donors (Lipinski definition) is 0. The van der Waals surface area contributed by atoms with Gasteiger partial charge in [0, 0.05) is 55.3 Å². The van der Waals surface area contributed by atoms with Crippen molar-refractivity contribution in [2.45, 2.75) is 129 Å². The van der Waals surface area contributed by atoms with Crippen LogP contribution in [0.25, 0.3) is 71.7 Å². The van der Waals surface area contributed by atoms with Gasteiger partial charge in [0.2, 0.25) is 0 Å². The van der Waals surface area contributed by atoms with Crippen LogP contribution in [0, 0.1) is 0 Å². The van der Waals surface area contributed by atoms with Crippen molar-refractivity contribution in [3.63, 3.8) is 0 Å². The molecule has 11 aromatic carbocycles. The molecule has 16 rings (SSSR count). The quantitative estimate of drug-likeness (QED) is 0.166. The molecule has 1 aliphatic heterocycles. The van der Waals surface area contributed by atoms with Gasteiger partial charge in [-0.05, 0) is 173 Å². The summed E-state index contributed by atoms with van der Waals surface area (Å²) < 4.78 is 10.2. The second-order valence-corrected chi connectivity index (χ2v) is 30.5. The zero-order valence-electron chi connectivity index (χ0n) is 54.6. The number of benzene rings is 11. The summed E-state index contributed by atoms with van der Waals surface area (Å²) in [6, 6.07) is 86.4. The van der Waals surface area contributed by atoms with Crippen LogP contribution in [0.3, 0.4) is 0 Å². The molecule has 0 saturated carbocycles. The summed E-state index contributed by atoms with van der Waals surface area (Å²) in [5.74, 6) is 0. The molecule has 0 saturated heterocycles. The monoisotopic (exact) mass is 1170 g/mol. The average Bonchev–Trinajstić information content (AvgIpc) is 1.47. The number of nitrogens with zero attached hydrogens (tertiary/aromatic N) is 3. The number of para-hydroxylation sites is 4. The topological polar surface area (TPSA) is 24.6 Å². The molecular weight excluding hydrogens is 1090 g/mol. The van der Waals surface area contributed by atoms with Crippen molar-refractivity contribution in [3.8, 4) is 27.9 Å². The van der Waals surface area contributed by atoms with Crippen LogP contribution in [0.2, 0.25) is 0 Å². The maximum absolute atomic E-state index is 7.63. The summed E-state index contributed by atoms with van der Waals surface area (Å²) in [4.78, 5) is 5.09. The number of fused-ring (bicyclic) bond motifs is 20. The highest BCUT2D eigenvalue weighted by atomic mass is 16.3. The fourth-order valence-corrected chi connectivity index (χ4v) is 16.0. The second kappa shape index (κ2) is 19.1. The van der Waals surface area contributed by atoms with Gasteiger partial charge < -0.3 is 18.8 Å². The maximum Gasteiger partial charge on any atom is 0.160 e. The van der Waals surface area contributed by atoms with Crippen LogP contribution in [0.1, 0.15) is 153 Å². The lowest BCUT2D eigenvalue weighted by Crippen LogP contribution is -2.34. The van der Waals surface area contributed by atoms with Crippen molar-refractivity contribution in [3.05, 3.63) is 280 Å². The van der Waals surface area contributed by atoms with Crippen molar-refractivity contribution < 1.29 is 4.42 Å². The third kappa shape index (κ3) is 7.92. The van der Waals surface area contributed by atoms with Crippen molar-refractivity contribution in [1.29, 1.82) is 0 Å². The first kappa shape index (κ1) is 55.9. The summed E-state index contributed by atoms with van der Waals surface area (Å²) in [5, 5.41) is 4.72. The lowest BCUT2D eigenvalue weighted by Gasteiger charge is -2.41. The van der Waals surface area contributed by atoms with E-state index in [0.29, 0.717) is 0 Å². The van der Waals surface area contributed by atoms with Gasteiger partial charge in [-0.1, -0.05) is 243 Å². The predicted octanol–water partition coefficient (Wildman–Crippen LogP) is 23.8. The molecule has 1 unspecified atom stereocenters. The zero-order chi connectivity index (χ0) is 62.3. The van der Waals surface area contributed by atoms with Gasteiger partial charge in [-0.15, -0.1) is 0 Å². The number of furan rings is 1. The Morgan fingerprint density at radius 1 is 0.367 bits per heavy atom. The lowest BCUT2D eigenvalue weighted by atomic mass is 9.64. The molecule has 3 heterocycles. The Morgan fingerprint density at radius 3 is 1.36 bits per heavy atom. The van der Waals surface area contributed by atoms with Crippen LogP contribution >= 0.6 is 0 Å². The number of aromatic nitrogens is 1. The number of hydrogen-bond acceptors (Lipinski definition) is 3. The molecule has 0 amide bonds. The highest BCUT2D eigenvalue weighted by Crippen LogP contribution is 2.70. The molecular formula is C86H79N3O. The minimum Gasteiger partial charge on any atom is -0.454 e. The highest BCUT2D eigenvalue weighted by molar-refractivity contribution is 6.22. The average molecular weight is 1170 g/mol. The Kier molecular flexibility index (Phi) is 11.8. The molecule has 1 atom stereocenters. The fraction of sp³-hybridized carbons (Fsp3) is 0.233. The maximum atomic E-state index is 7.63. The Hall–Kier alpha value is -9.38. The molecule has 0 N–H and O–H groups in total. The fourth-order valence-electron chi connectivity index (χ4n) is 16.0. The highest BCUT2D eigenvalue weighted by Gasteiger charge is 2.56. The van der Waals surface area contributed by atoms with Gasteiger partial charge in [-0.3, -0.25) is 0 Å². The smallest absolute Gasteiger partial charge is 0.160 e. The van der Waals surface area contributed by atoms with Crippen LogP contribution in [-0.2, 0) is 32.5 Å². The van der Waals surface area contributed by atoms with E-state index in [1.54, 1.807) is 0 Å². The first-order chi connectivity index (χ1) is 43.0. The van der Waals surface area contributed by atoms with Gasteiger partial charge in [0.25, 0.3) is 0 Å². The van der Waals surface area contributed by atoms with Gasteiger partial charge in [-0.2, -0.15) is 0 Å². The molecule has 3 aliphatic rings. The molecule has 4 nitrogen and oxygen atoms in total. The van der Waals surface area contributed by atoms with E-state index in [9.17, 15) is 0 Å². The van der Waals surface area contributed by atoms with Gasteiger partial charge in [0.05, 0.1) is 33.5 Å². The summed E-state index contributed by atoms with van der Waals surface area (Å²) in [6.07, 6.45) is 0. The van der Waals surface area contributed by atoms with Crippen LogP contribution in [0.5, 0.6) is 0 Å². The van der Waals surface area contributed by atoms with Crippen molar-refractivity contribution in [1.82, 2.24) is 4.57 Å². The van der Waals surface area contributed by atoms with E-state index in [1.165, 1.54) is 105 Å². The molecule has 0 bridgehead atoms. The van der Waals surface area contributed by atoms with E-state index in [2.05, 4.69) is 336 Å². The Labute approximate surface area is 531 Å². The third-order valence-electron chi connectivity index (χ3n) is 20.6. The minimum absolute atomic E-state index is 0.0334. The Morgan fingerprint density at radius 2 is 0.800 bits per heavy atom. The molecule has 0 radical (unpaired) electrons. The summed E-state index contributed by atoms with van der Waals surface area (Å²) in [7, 11) is 0. The molecule has 0 fully saturated rings. The lowest BCUT2D eigenvalue weighted by molar-refractivity contribution is 0.590. The van der Waals surface area contributed by atoms with E-state index in [4.69, 9.17) is 4.42 Å². The van der Waals surface area contributed by atoms with Crippen molar-refractivity contribution in [2.24, 2.45) is 0 Å². The van der Waals surface area contributed by atoms with Crippen LogP contribution in [-0.4, -0.2) is 4.57 Å². The van der Waals surface area contributed by atoms with Crippen LogP contribution in [0.15, 0.2) is 229 Å². The molecule has 2 aliphatic carbocycles. The predicted molar refractivity (Wildman–Crippen MR) is 381 cm³/mol. The van der Waals surface area contributed by atoms with E-state index in [1.807, 2.05) is 0 Å². The Bertz CT molecular complexity index is 4980. The largest absolute Gasteiger partial charge is 0.454 e. The summed E-state index contributed by atoms with van der Waals surface area (Å²) in [6.45, 7) is 32.7. The normalized spacial score (nSPS) is 15.6. The van der Waals surface area contributed by atoms with Gasteiger partial charge in [-0.25, -0.2) is 0 Å². The number of anilines is 6. The summed E-state index contributed by atoms with van der Waals surface area (Å²) in [5.41, 5.74) is 28.2. The minimum atomic E-state index is -0.892. The molecule has 2 aromatic heterocycles. The van der Waals surface area contributed by atoms with Crippen molar-refractivity contribution in [2.75, 3.05) is 9.80 Å². The van der Waals surface area contributed by atoms with E-state index in [-0.39, 0.29) is 21.7 Å². The van der Waals surface area contributed by atoms with Gasteiger partial charge in [0.15, 0.2) is 5.58 Å². The molecule has 1 spiro atoms. The standard InChI is InChI=1S/C86H79N3O/c1-81(2,3)52-34-42-56(43-35-52)87(57-44-36-53(37-45-57)82(4,5)6)71-50-68-77(78-74(71)62-25-15-18-28-64(62)85(78,13)14)76-67(86(68)65-29-19-21-32-70(65)89-69-31-20-16-24-60(69)61-27-23-30-66(86)79(61)89)51-72(80-75(76)63-26-17-22-33-73(63)90-80)88(58-46-38-54(39-47-58)83(7,8)9)59-48-40-55(41-49-59)84(10,11)12/h15-51H,1-14H3. The second-order valence-electron chi connectivity index (χ2n) is 30.5. The van der Waals surface area contributed by atoms with E-state index < -0.39 is 10.8 Å². The van der Waals surface area contributed by atoms with Crippen LogP contribution < -0.4 is 9.80 Å². The molecule has 13 aromatic rings.